The summed E-state index contributed by atoms with van der Waals surface area (Å²) >= 11 is 0. The van der Waals surface area contributed by atoms with E-state index in [1.165, 1.54) is 12.1 Å². The summed E-state index contributed by atoms with van der Waals surface area (Å²) in [6.45, 7) is 4.33. The molecule has 31 heavy (non-hydrogen) atoms. The number of carbonyl (C=O) groups excluding carboxylic acids is 1. The van der Waals surface area contributed by atoms with E-state index in [0.717, 1.165) is 31.4 Å². The molecule has 0 saturated heterocycles. The summed E-state index contributed by atoms with van der Waals surface area (Å²) < 4.78 is 44.2. The molecule has 1 aromatic heterocycles. The predicted octanol–water partition coefficient (Wildman–Crippen LogP) is 4.23. The number of hydrogen-bond acceptors (Lipinski definition) is 5. The first-order valence-electron chi connectivity index (χ1n) is 10.4. The minimum Gasteiger partial charge on any atom is -0.393 e. The molecule has 1 heterocycles. The van der Waals surface area contributed by atoms with Crippen molar-refractivity contribution in [3.05, 3.63) is 41.1 Å². The van der Waals surface area contributed by atoms with Crippen molar-refractivity contribution in [2.75, 3.05) is 7.05 Å². The predicted molar refractivity (Wildman–Crippen MR) is 109 cm³/mol. The molecule has 9 heteroatoms. The molecule has 2 N–H and O–H groups in total. The number of benzene rings is 1. The maximum Gasteiger partial charge on any atom is 0.416 e. The maximum atomic E-state index is 12.9. The monoisotopic (exact) mass is 439 g/mol. The highest BCUT2D eigenvalue weighted by Crippen LogP contribution is 2.33. The minimum atomic E-state index is -4.43. The van der Waals surface area contributed by atoms with Crippen molar-refractivity contribution in [2.45, 2.75) is 70.4 Å². The zero-order chi connectivity index (χ0) is 22.8. The topological polar surface area (TPSA) is 78.6 Å². The van der Waals surface area contributed by atoms with E-state index in [1.54, 1.807) is 0 Å². The minimum absolute atomic E-state index is 0.113. The summed E-state index contributed by atoms with van der Waals surface area (Å²) in [6.07, 6.45) is -2.07. The molecule has 0 radical (unpaired) electrons. The van der Waals surface area contributed by atoms with E-state index in [9.17, 15) is 23.1 Å². The van der Waals surface area contributed by atoms with Crippen molar-refractivity contribution in [2.24, 2.45) is 0 Å². The van der Waals surface area contributed by atoms with Crippen LogP contribution in [0.25, 0.3) is 11.3 Å². The second-order valence-electron chi connectivity index (χ2n) is 8.41. The SMILES string of the molecule is CC(C)N(C)Cc1c(C(=O)N[C@@H]2CCC[C@H](O)C2)noc1-c1ccc(C(F)(F)F)cc1. The van der Waals surface area contributed by atoms with E-state index in [0.29, 0.717) is 24.1 Å². The van der Waals surface area contributed by atoms with Crippen LogP contribution in [0.5, 0.6) is 0 Å². The fourth-order valence-corrected chi connectivity index (χ4v) is 3.65. The van der Waals surface area contributed by atoms with Gasteiger partial charge in [-0.15, -0.1) is 0 Å². The third-order valence-electron chi connectivity index (χ3n) is 5.75. The zero-order valence-electron chi connectivity index (χ0n) is 17.9. The van der Waals surface area contributed by atoms with Gasteiger partial charge in [-0.05, 0) is 58.7 Å². The molecule has 6 nitrogen and oxygen atoms in total. The van der Waals surface area contributed by atoms with Crippen LogP contribution >= 0.6 is 0 Å². The van der Waals surface area contributed by atoms with Gasteiger partial charge in [0.2, 0.25) is 0 Å². The first-order valence-corrected chi connectivity index (χ1v) is 10.4. The molecule has 3 rings (SSSR count). The van der Waals surface area contributed by atoms with Crippen LogP contribution in [0.3, 0.4) is 0 Å². The lowest BCUT2D eigenvalue weighted by molar-refractivity contribution is -0.137. The Morgan fingerprint density at radius 3 is 2.55 bits per heavy atom. The van der Waals surface area contributed by atoms with Gasteiger partial charge in [-0.2, -0.15) is 13.2 Å². The zero-order valence-corrected chi connectivity index (χ0v) is 17.9. The number of nitrogens with one attached hydrogen (secondary N) is 1. The van der Waals surface area contributed by atoms with E-state index in [2.05, 4.69) is 10.5 Å². The lowest BCUT2D eigenvalue weighted by Gasteiger charge is -2.26. The van der Waals surface area contributed by atoms with Gasteiger partial charge in [0.25, 0.3) is 5.91 Å². The summed E-state index contributed by atoms with van der Waals surface area (Å²) in [7, 11) is 1.88. The van der Waals surface area contributed by atoms with Gasteiger partial charge in [-0.1, -0.05) is 17.3 Å². The average Bonchev–Trinajstić information content (AvgIpc) is 3.11. The maximum absolute atomic E-state index is 12.9. The van der Waals surface area contributed by atoms with E-state index in [-0.39, 0.29) is 23.5 Å². The van der Waals surface area contributed by atoms with E-state index in [1.807, 2.05) is 25.8 Å². The molecule has 0 bridgehead atoms. The van der Waals surface area contributed by atoms with Crippen molar-refractivity contribution < 1.29 is 27.6 Å². The fraction of sp³-hybridized carbons (Fsp3) is 0.545. The van der Waals surface area contributed by atoms with Crippen LogP contribution in [-0.4, -0.2) is 46.3 Å². The first-order chi connectivity index (χ1) is 14.6. The highest BCUT2D eigenvalue weighted by atomic mass is 19.4. The van der Waals surface area contributed by atoms with Gasteiger partial charge in [0.15, 0.2) is 11.5 Å². The van der Waals surface area contributed by atoms with Crippen molar-refractivity contribution in [3.8, 4) is 11.3 Å². The number of aliphatic hydroxyl groups is 1. The van der Waals surface area contributed by atoms with Gasteiger partial charge < -0.3 is 14.9 Å². The standard InChI is InChI=1S/C22H28F3N3O3/c1-13(2)28(3)12-18-19(21(30)26-16-5-4-6-17(29)11-16)27-31-20(18)14-7-9-15(10-8-14)22(23,24)25/h7-10,13,16-17,29H,4-6,11-12H2,1-3H3,(H,26,30)/t16-,17+/m1/s1. The Hall–Kier alpha value is -2.39. The Morgan fingerprint density at radius 1 is 1.29 bits per heavy atom. The summed E-state index contributed by atoms with van der Waals surface area (Å²) in [5, 5.41) is 16.7. The summed E-state index contributed by atoms with van der Waals surface area (Å²) in [4.78, 5) is 14.9. The molecule has 0 unspecified atom stereocenters. The van der Waals surface area contributed by atoms with Gasteiger partial charge in [0, 0.05) is 29.8 Å². The average molecular weight is 439 g/mol. The normalized spacial score (nSPS) is 19.8. The second kappa shape index (κ2) is 9.40. The van der Waals surface area contributed by atoms with Crippen LogP contribution in [0, 0.1) is 0 Å². The fourth-order valence-electron chi connectivity index (χ4n) is 3.65. The summed E-state index contributed by atoms with van der Waals surface area (Å²) in [5.74, 6) is -0.136. The number of nitrogens with zero attached hydrogens (tertiary/aromatic N) is 2. The number of halogens is 3. The number of amides is 1. The summed E-state index contributed by atoms with van der Waals surface area (Å²) in [6, 6.07) is 4.62. The number of aromatic nitrogens is 1. The molecular formula is C22H28F3N3O3. The molecule has 1 aliphatic carbocycles. The molecular weight excluding hydrogens is 411 g/mol. The van der Waals surface area contributed by atoms with Crippen LogP contribution in [-0.2, 0) is 12.7 Å². The van der Waals surface area contributed by atoms with Crippen LogP contribution in [0.2, 0.25) is 0 Å². The smallest absolute Gasteiger partial charge is 0.393 e. The van der Waals surface area contributed by atoms with Crippen LogP contribution in [0.15, 0.2) is 28.8 Å². The number of hydrogen-bond donors (Lipinski definition) is 2. The molecule has 0 aliphatic heterocycles. The van der Waals surface area contributed by atoms with Crippen molar-refractivity contribution in [1.29, 1.82) is 0 Å². The lowest BCUT2D eigenvalue weighted by atomic mass is 9.93. The molecule has 1 saturated carbocycles. The lowest BCUT2D eigenvalue weighted by Crippen LogP contribution is -2.40. The number of carbonyl (C=O) groups is 1. The summed E-state index contributed by atoms with van der Waals surface area (Å²) in [5.41, 5.74) is 0.289. The molecule has 1 fully saturated rings. The third kappa shape index (κ3) is 5.65. The van der Waals surface area contributed by atoms with Gasteiger partial charge in [0.05, 0.1) is 11.7 Å². The molecule has 1 aromatic carbocycles. The molecule has 0 spiro atoms. The highest BCUT2D eigenvalue weighted by molar-refractivity contribution is 5.95. The molecule has 2 aromatic rings. The second-order valence-corrected chi connectivity index (χ2v) is 8.41. The van der Waals surface area contributed by atoms with Gasteiger partial charge in [0.1, 0.15) is 0 Å². The van der Waals surface area contributed by atoms with Gasteiger partial charge in [-0.25, -0.2) is 0 Å². The number of aliphatic hydroxyl groups excluding tert-OH is 1. The first kappa shape index (κ1) is 23.3. The van der Waals surface area contributed by atoms with E-state index in [4.69, 9.17) is 4.52 Å². The molecule has 1 aliphatic rings. The van der Waals surface area contributed by atoms with Crippen LogP contribution in [0.1, 0.15) is 61.1 Å². The number of rotatable bonds is 6. The van der Waals surface area contributed by atoms with Crippen molar-refractivity contribution >= 4 is 5.91 Å². The number of alkyl halides is 3. The Kier molecular flexibility index (Phi) is 7.06. The molecule has 2 atom stereocenters. The Morgan fingerprint density at radius 2 is 1.97 bits per heavy atom. The van der Waals surface area contributed by atoms with Gasteiger partial charge in [-0.3, -0.25) is 9.69 Å². The van der Waals surface area contributed by atoms with Crippen LogP contribution in [0.4, 0.5) is 13.2 Å². The molecule has 170 valence electrons. The van der Waals surface area contributed by atoms with Crippen LogP contribution < -0.4 is 5.32 Å². The van der Waals surface area contributed by atoms with E-state index >= 15 is 0 Å². The quantitative estimate of drug-likeness (QED) is 0.704. The Balaban J connectivity index is 1.91. The Bertz CT molecular complexity index is 894. The highest BCUT2D eigenvalue weighted by Gasteiger charge is 2.31. The third-order valence-corrected chi connectivity index (χ3v) is 5.75. The largest absolute Gasteiger partial charge is 0.416 e. The van der Waals surface area contributed by atoms with Crippen molar-refractivity contribution in [3.63, 3.8) is 0 Å². The molecule has 1 amide bonds. The van der Waals surface area contributed by atoms with Gasteiger partial charge >= 0.3 is 6.18 Å². The van der Waals surface area contributed by atoms with Crippen molar-refractivity contribution in [1.82, 2.24) is 15.4 Å². The Labute approximate surface area is 179 Å². The van der Waals surface area contributed by atoms with E-state index < -0.39 is 23.8 Å².